The molecule has 5 rings (SSSR count). The molecule has 2 aromatic rings. The number of anilines is 1. The summed E-state index contributed by atoms with van der Waals surface area (Å²) in [5.74, 6) is 1.25. The largest absolute Gasteiger partial charge is 0.356 e. The van der Waals surface area contributed by atoms with Gasteiger partial charge in [-0.2, -0.15) is 0 Å². The van der Waals surface area contributed by atoms with E-state index in [0.717, 1.165) is 32.6 Å². The predicted molar refractivity (Wildman–Crippen MR) is 117 cm³/mol. The van der Waals surface area contributed by atoms with E-state index < -0.39 is 0 Å². The van der Waals surface area contributed by atoms with Crippen molar-refractivity contribution in [3.8, 4) is 0 Å². The van der Waals surface area contributed by atoms with Crippen LogP contribution < -0.4 is 10.2 Å². The van der Waals surface area contributed by atoms with Crippen molar-refractivity contribution in [1.29, 1.82) is 0 Å². The van der Waals surface area contributed by atoms with Crippen molar-refractivity contribution in [2.45, 2.75) is 63.6 Å². The molecular formula is C24H33N5. The Hall–Kier alpha value is -1.98. The van der Waals surface area contributed by atoms with Crippen LogP contribution in [0.2, 0.25) is 0 Å². The molecule has 29 heavy (non-hydrogen) atoms. The summed E-state index contributed by atoms with van der Waals surface area (Å²) in [7, 11) is 2.28. The first kappa shape index (κ1) is 19.0. The van der Waals surface area contributed by atoms with Gasteiger partial charge in [0.2, 0.25) is 0 Å². The molecule has 5 nitrogen and oxygen atoms in total. The average Bonchev–Trinajstić information content (AvgIpc) is 2.79. The topological polar surface area (TPSA) is 44.3 Å². The number of hydrogen-bond acceptors (Lipinski definition) is 5. The van der Waals surface area contributed by atoms with E-state index in [2.05, 4.69) is 40.4 Å². The molecule has 154 valence electrons. The molecule has 0 bridgehead atoms. The molecule has 4 heterocycles. The summed E-state index contributed by atoms with van der Waals surface area (Å²) in [6.07, 6.45) is 12.6. The molecule has 0 aromatic carbocycles. The van der Waals surface area contributed by atoms with Crippen LogP contribution in [0.4, 0.5) is 5.82 Å². The molecule has 0 radical (unpaired) electrons. The van der Waals surface area contributed by atoms with Crippen LogP contribution >= 0.6 is 0 Å². The van der Waals surface area contributed by atoms with Crippen LogP contribution in [0.25, 0.3) is 0 Å². The van der Waals surface area contributed by atoms with Gasteiger partial charge >= 0.3 is 0 Å². The highest BCUT2D eigenvalue weighted by Crippen LogP contribution is 2.33. The Morgan fingerprint density at radius 2 is 1.97 bits per heavy atom. The highest BCUT2D eigenvalue weighted by molar-refractivity contribution is 5.52. The van der Waals surface area contributed by atoms with Gasteiger partial charge in [0.25, 0.3) is 0 Å². The number of pyridine rings is 2. The van der Waals surface area contributed by atoms with E-state index in [1.165, 1.54) is 66.7 Å². The molecular weight excluding hydrogens is 358 g/mol. The summed E-state index contributed by atoms with van der Waals surface area (Å²) >= 11 is 0. The van der Waals surface area contributed by atoms with E-state index >= 15 is 0 Å². The van der Waals surface area contributed by atoms with Crippen molar-refractivity contribution in [1.82, 2.24) is 20.2 Å². The molecule has 1 N–H and O–H groups in total. The van der Waals surface area contributed by atoms with Gasteiger partial charge < -0.3 is 10.2 Å². The lowest BCUT2D eigenvalue weighted by molar-refractivity contribution is 0.191. The number of nitrogens with zero attached hydrogens (tertiary/aromatic N) is 4. The minimum absolute atomic E-state index is 0.443. The Morgan fingerprint density at radius 1 is 1.07 bits per heavy atom. The van der Waals surface area contributed by atoms with E-state index in [4.69, 9.17) is 9.97 Å². The Balaban J connectivity index is 1.31. The zero-order valence-electron chi connectivity index (χ0n) is 17.6. The quantitative estimate of drug-likeness (QED) is 0.864. The second-order valence-corrected chi connectivity index (χ2v) is 9.00. The fourth-order valence-corrected chi connectivity index (χ4v) is 5.48. The fourth-order valence-electron chi connectivity index (χ4n) is 5.48. The van der Waals surface area contributed by atoms with Gasteiger partial charge in [-0.15, -0.1) is 0 Å². The minimum Gasteiger partial charge on any atom is -0.356 e. The van der Waals surface area contributed by atoms with Crippen LogP contribution in [0, 0.1) is 0 Å². The lowest BCUT2D eigenvalue weighted by Gasteiger charge is -2.37. The van der Waals surface area contributed by atoms with Crippen LogP contribution in [0.15, 0.2) is 30.6 Å². The Kier molecular flexibility index (Phi) is 5.51. The van der Waals surface area contributed by atoms with E-state index in [9.17, 15) is 0 Å². The molecule has 0 spiro atoms. The van der Waals surface area contributed by atoms with Crippen LogP contribution in [0.3, 0.4) is 0 Å². The molecule has 2 atom stereocenters. The lowest BCUT2D eigenvalue weighted by atomic mass is 9.90. The molecule has 1 fully saturated rings. The summed E-state index contributed by atoms with van der Waals surface area (Å²) in [5.41, 5.74) is 5.65. The third kappa shape index (κ3) is 3.90. The van der Waals surface area contributed by atoms with Crippen molar-refractivity contribution in [2.24, 2.45) is 0 Å². The van der Waals surface area contributed by atoms with Gasteiger partial charge in [-0.05, 0) is 75.3 Å². The third-order valence-corrected chi connectivity index (χ3v) is 7.02. The number of piperidine rings is 1. The normalized spacial score (nSPS) is 24.3. The number of fused-ring (bicyclic) bond motifs is 2. The standard InChI is InChI=1S/C24H33N5/c1-28(22-9-5-7-18-8-6-11-25-23(18)22)17-20-15-21-19(16-27-20)10-12-26-24(21)29-13-3-2-4-14-29/h6,8,10-12,20,22,27H,2-5,7,9,13-17H2,1H3/t20-,22-/m0/s1. The zero-order valence-corrected chi connectivity index (χ0v) is 17.6. The second kappa shape index (κ2) is 8.41. The van der Waals surface area contributed by atoms with Gasteiger partial charge in [0.15, 0.2) is 0 Å². The van der Waals surface area contributed by atoms with Crippen molar-refractivity contribution in [2.75, 3.05) is 31.6 Å². The summed E-state index contributed by atoms with van der Waals surface area (Å²) in [6.45, 7) is 4.32. The van der Waals surface area contributed by atoms with Gasteiger partial charge in [-0.3, -0.25) is 9.88 Å². The van der Waals surface area contributed by atoms with Crippen LogP contribution in [0.1, 0.15) is 60.5 Å². The second-order valence-electron chi connectivity index (χ2n) is 9.00. The molecule has 5 heteroatoms. The lowest BCUT2D eigenvalue weighted by Crippen LogP contribution is -2.45. The van der Waals surface area contributed by atoms with Gasteiger partial charge in [0, 0.05) is 50.2 Å². The highest BCUT2D eigenvalue weighted by atomic mass is 15.2. The first-order valence-electron chi connectivity index (χ1n) is 11.4. The molecule has 0 saturated carbocycles. The highest BCUT2D eigenvalue weighted by Gasteiger charge is 2.29. The number of nitrogens with one attached hydrogen (secondary N) is 1. The smallest absolute Gasteiger partial charge is 0.132 e. The monoisotopic (exact) mass is 391 g/mol. The third-order valence-electron chi connectivity index (χ3n) is 7.02. The average molecular weight is 392 g/mol. The number of rotatable bonds is 4. The van der Waals surface area contributed by atoms with Crippen molar-refractivity contribution < 1.29 is 0 Å². The molecule has 2 aliphatic heterocycles. The fraction of sp³-hybridized carbons (Fsp3) is 0.583. The number of aromatic nitrogens is 2. The zero-order chi connectivity index (χ0) is 19.6. The van der Waals surface area contributed by atoms with E-state index in [1.807, 2.05) is 12.4 Å². The number of likely N-dealkylation sites (N-methyl/N-ethyl adjacent to an activating group) is 1. The van der Waals surface area contributed by atoms with Crippen molar-refractivity contribution in [3.05, 3.63) is 53.0 Å². The molecule has 2 aromatic heterocycles. The summed E-state index contributed by atoms with van der Waals surface area (Å²) < 4.78 is 0. The predicted octanol–water partition coefficient (Wildman–Crippen LogP) is 3.49. The minimum atomic E-state index is 0.443. The molecule has 0 amide bonds. The van der Waals surface area contributed by atoms with E-state index in [1.54, 1.807) is 0 Å². The van der Waals surface area contributed by atoms with E-state index in [0.29, 0.717) is 12.1 Å². The first-order chi connectivity index (χ1) is 14.3. The summed E-state index contributed by atoms with van der Waals surface area (Å²) in [5, 5.41) is 3.79. The Bertz CT molecular complexity index is 845. The Morgan fingerprint density at radius 3 is 2.86 bits per heavy atom. The molecule has 1 saturated heterocycles. The van der Waals surface area contributed by atoms with Crippen LogP contribution in [-0.4, -0.2) is 47.6 Å². The van der Waals surface area contributed by atoms with Crippen molar-refractivity contribution >= 4 is 5.82 Å². The SMILES string of the molecule is CN(C[C@@H]1Cc2c(ccnc2N2CCCCC2)CN1)[C@H]1CCCc2cccnc21. The van der Waals surface area contributed by atoms with E-state index in [-0.39, 0.29) is 0 Å². The van der Waals surface area contributed by atoms with Gasteiger partial charge in [-0.25, -0.2) is 4.98 Å². The maximum absolute atomic E-state index is 4.82. The molecule has 3 aliphatic rings. The molecule has 0 unspecified atom stereocenters. The molecule has 1 aliphatic carbocycles. The van der Waals surface area contributed by atoms with Gasteiger partial charge in [0.1, 0.15) is 5.82 Å². The maximum Gasteiger partial charge on any atom is 0.132 e. The maximum atomic E-state index is 4.82. The van der Waals surface area contributed by atoms with Crippen molar-refractivity contribution in [3.63, 3.8) is 0 Å². The van der Waals surface area contributed by atoms with Gasteiger partial charge in [-0.1, -0.05) is 6.07 Å². The Labute approximate surface area is 174 Å². The number of aryl methyl sites for hydroxylation is 1. The summed E-state index contributed by atoms with van der Waals surface area (Å²) in [4.78, 5) is 14.6. The van der Waals surface area contributed by atoms with Gasteiger partial charge in [0.05, 0.1) is 11.7 Å². The number of hydrogen-bond donors (Lipinski definition) is 1. The van der Waals surface area contributed by atoms with Crippen LogP contribution in [-0.2, 0) is 19.4 Å². The summed E-state index contributed by atoms with van der Waals surface area (Å²) in [6, 6.07) is 7.45. The van der Waals surface area contributed by atoms with Crippen LogP contribution in [0.5, 0.6) is 0 Å². The first-order valence-corrected chi connectivity index (χ1v) is 11.4.